The van der Waals surface area contributed by atoms with Crippen LogP contribution in [0.5, 0.6) is 5.75 Å². The number of nitrogens with one attached hydrogen (secondary N) is 1. The second-order valence-corrected chi connectivity index (χ2v) is 5.56. The summed E-state index contributed by atoms with van der Waals surface area (Å²) in [7, 11) is 5.80. The fraction of sp³-hybridized carbons (Fsp3) is 0.333. The Bertz CT molecular complexity index is 591. The first-order valence-corrected chi connectivity index (χ1v) is 7.19. The highest BCUT2D eigenvalue weighted by Gasteiger charge is 2.09. The highest BCUT2D eigenvalue weighted by Crippen LogP contribution is 2.29. The maximum Gasteiger partial charge on any atom is 0.142 e. The average Bonchev–Trinajstić information content (AvgIpc) is 2.49. The Kier molecular flexibility index (Phi) is 4.73. The fourth-order valence-corrected chi connectivity index (χ4v) is 2.30. The summed E-state index contributed by atoms with van der Waals surface area (Å²) >= 11 is 0. The van der Waals surface area contributed by atoms with Crippen LogP contribution >= 0.6 is 0 Å². The molecule has 0 aliphatic heterocycles. The van der Waals surface area contributed by atoms with Gasteiger partial charge in [-0.15, -0.1) is 0 Å². The van der Waals surface area contributed by atoms with E-state index in [0.29, 0.717) is 0 Å². The molecule has 0 amide bonds. The van der Waals surface area contributed by atoms with Gasteiger partial charge in [0.2, 0.25) is 0 Å². The number of ether oxygens (including phenoxy) is 1. The zero-order valence-corrected chi connectivity index (χ0v) is 13.5. The van der Waals surface area contributed by atoms with Gasteiger partial charge in [0.1, 0.15) is 5.75 Å². The molecule has 0 aromatic heterocycles. The largest absolute Gasteiger partial charge is 0.495 e. The SMILES string of the molecule is COc1cc(C)ccc1NC(C)c1ccc(N(C)C)cc1. The van der Waals surface area contributed by atoms with Crippen molar-refractivity contribution in [2.45, 2.75) is 19.9 Å². The predicted octanol–water partition coefficient (Wildman–Crippen LogP) is 4.24. The number of hydrogen-bond donors (Lipinski definition) is 1. The molecule has 0 aliphatic carbocycles. The molecule has 1 N–H and O–H groups in total. The van der Waals surface area contributed by atoms with Crippen LogP contribution < -0.4 is 15.0 Å². The van der Waals surface area contributed by atoms with E-state index in [4.69, 9.17) is 4.74 Å². The lowest BCUT2D eigenvalue weighted by atomic mass is 10.1. The van der Waals surface area contributed by atoms with Gasteiger partial charge in [0.05, 0.1) is 12.8 Å². The van der Waals surface area contributed by atoms with E-state index in [1.165, 1.54) is 16.8 Å². The molecule has 0 fully saturated rings. The number of hydrogen-bond acceptors (Lipinski definition) is 3. The Morgan fingerprint density at radius 2 is 1.71 bits per heavy atom. The van der Waals surface area contributed by atoms with Crippen molar-refractivity contribution in [1.82, 2.24) is 0 Å². The van der Waals surface area contributed by atoms with E-state index in [-0.39, 0.29) is 6.04 Å². The summed E-state index contributed by atoms with van der Waals surface area (Å²) in [5, 5.41) is 3.51. The summed E-state index contributed by atoms with van der Waals surface area (Å²) in [4.78, 5) is 2.10. The smallest absolute Gasteiger partial charge is 0.142 e. The molecular formula is C18H24N2O. The predicted molar refractivity (Wildman–Crippen MR) is 90.5 cm³/mol. The van der Waals surface area contributed by atoms with E-state index >= 15 is 0 Å². The minimum absolute atomic E-state index is 0.220. The number of rotatable bonds is 5. The Morgan fingerprint density at radius 3 is 2.29 bits per heavy atom. The van der Waals surface area contributed by atoms with E-state index < -0.39 is 0 Å². The Hall–Kier alpha value is -2.16. The van der Waals surface area contributed by atoms with Gasteiger partial charge in [0.15, 0.2) is 0 Å². The van der Waals surface area contributed by atoms with Crippen molar-refractivity contribution in [3.63, 3.8) is 0 Å². The van der Waals surface area contributed by atoms with Crippen molar-refractivity contribution in [3.8, 4) is 5.75 Å². The van der Waals surface area contributed by atoms with Crippen LogP contribution in [0.15, 0.2) is 42.5 Å². The molecule has 0 spiro atoms. The maximum atomic E-state index is 5.44. The van der Waals surface area contributed by atoms with Crippen LogP contribution in [0.25, 0.3) is 0 Å². The minimum Gasteiger partial charge on any atom is -0.495 e. The van der Waals surface area contributed by atoms with E-state index in [1.807, 2.05) is 20.2 Å². The number of nitrogens with zero attached hydrogens (tertiary/aromatic N) is 1. The summed E-state index contributed by atoms with van der Waals surface area (Å²) in [6, 6.07) is 15.0. The van der Waals surface area contributed by atoms with Crippen LogP contribution in [0.1, 0.15) is 24.1 Å². The molecule has 1 atom stereocenters. The lowest BCUT2D eigenvalue weighted by molar-refractivity contribution is 0.416. The highest BCUT2D eigenvalue weighted by molar-refractivity contribution is 5.59. The van der Waals surface area contributed by atoms with E-state index in [2.05, 4.69) is 60.5 Å². The van der Waals surface area contributed by atoms with Crippen molar-refractivity contribution in [1.29, 1.82) is 0 Å². The molecule has 0 radical (unpaired) electrons. The molecule has 2 rings (SSSR count). The lowest BCUT2D eigenvalue weighted by Gasteiger charge is -2.19. The van der Waals surface area contributed by atoms with E-state index in [0.717, 1.165) is 11.4 Å². The zero-order chi connectivity index (χ0) is 15.4. The van der Waals surface area contributed by atoms with Crippen LogP contribution in [-0.4, -0.2) is 21.2 Å². The third-order valence-electron chi connectivity index (χ3n) is 3.64. The molecule has 0 bridgehead atoms. The first kappa shape index (κ1) is 15.2. The Morgan fingerprint density at radius 1 is 1.05 bits per heavy atom. The number of methoxy groups -OCH3 is 1. The highest BCUT2D eigenvalue weighted by atomic mass is 16.5. The molecule has 3 nitrogen and oxygen atoms in total. The van der Waals surface area contributed by atoms with Gasteiger partial charge in [-0.2, -0.15) is 0 Å². The summed E-state index contributed by atoms with van der Waals surface area (Å²) in [6.07, 6.45) is 0. The topological polar surface area (TPSA) is 24.5 Å². The number of aryl methyl sites for hydroxylation is 1. The summed E-state index contributed by atoms with van der Waals surface area (Å²) in [5.41, 5.74) is 4.68. The maximum absolute atomic E-state index is 5.44. The molecule has 3 heteroatoms. The second-order valence-electron chi connectivity index (χ2n) is 5.56. The molecule has 0 saturated heterocycles. The standard InChI is InChI=1S/C18H24N2O/c1-13-6-11-17(18(12-13)21-5)19-14(2)15-7-9-16(10-8-15)20(3)4/h6-12,14,19H,1-5H3. The zero-order valence-electron chi connectivity index (χ0n) is 13.5. The van der Waals surface area contributed by atoms with Gasteiger partial charge in [-0.3, -0.25) is 0 Å². The van der Waals surface area contributed by atoms with Gasteiger partial charge in [0, 0.05) is 25.8 Å². The number of anilines is 2. The van der Waals surface area contributed by atoms with Crippen molar-refractivity contribution < 1.29 is 4.74 Å². The van der Waals surface area contributed by atoms with Crippen LogP contribution in [0.2, 0.25) is 0 Å². The molecule has 0 saturated carbocycles. The van der Waals surface area contributed by atoms with Gasteiger partial charge in [-0.25, -0.2) is 0 Å². The van der Waals surface area contributed by atoms with Crippen molar-refractivity contribution in [2.75, 3.05) is 31.4 Å². The molecule has 0 heterocycles. The monoisotopic (exact) mass is 284 g/mol. The molecule has 0 aliphatic rings. The average molecular weight is 284 g/mol. The van der Waals surface area contributed by atoms with Gasteiger partial charge in [-0.1, -0.05) is 18.2 Å². The lowest BCUT2D eigenvalue weighted by Crippen LogP contribution is -2.10. The Labute approximate surface area is 127 Å². The quantitative estimate of drug-likeness (QED) is 0.888. The normalized spacial score (nSPS) is 11.9. The van der Waals surface area contributed by atoms with Crippen LogP contribution in [-0.2, 0) is 0 Å². The second kappa shape index (κ2) is 6.53. The first-order valence-electron chi connectivity index (χ1n) is 7.19. The molecular weight excluding hydrogens is 260 g/mol. The third-order valence-corrected chi connectivity index (χ3v) is 3.64. The molecule has 21 heavy (non-hydrogen) atoms. The van der Waals surface area contributed by atoms with E-state index in [1.54, 1.807) is 7.11 Å². The minimum atomic E-state index is 0.220. The van der Waals surface area contributed by atoms with Crippen molar-refractivity contribution >= 4 is 11.4 Å². The summed E-state index contributed by atoms with van der Waals surface area (Å²) in [6.45, 7) is 4.22. The number of benzene rings is 2. The van der Waals surface area contributed by atoms with Crippen LogP contribution in [0.4, 0.5) is 11.4 Å². The summed E-state index contributed by atoms with van der Waals surface area (Å²) in [5.74, 6) is 0.881. The summed E-state index contributed by atoms with van der Waals surface area (Å²) < 4.78 is 5.44. The first-order chi connectivity index (χ1) is 10.0. The fourth-order valence-electron chi connectivity index (χ4n) is 2.30. The molecule has 112 valence electrons. The van der Waals surface area contributed by atoms with Gasteiger partial charge in [0.25, 0.3) is 0 Å². The van der Waals surface area contributed by atoms with Gasteiger partial charge >= 0.3 is 0 Å². The van der Waals surface area contributed by atoms with Crippen LogP contribution in [0.3, 0.4) is 0 Å². The Balaban J connectivity index is 2.15. The molecule has 2 aromatic rings. The van der Waals surface area contributed by atoms with Gasteiger partial charge < -0.3 is 15.0 Å². The van der Waals surface area contributed by atoms with Gasteiger partial charge in [-0.05, 0) is 49.2 Å². The van der Waals surface area contributed by atoms with Crippen molar-refractivity contribution in [2.24, 2.45) is 0 Å². The molecule has 1 unspecified atom stereocenters. The third kappa shape index (κ3) is 3.69. The van der Waals surface area contributed by atoms with Crippen LogP contribution in [0, 0.1) is 6.92 Å². The van der Waals surface area contributed by atoms with E-state index in [9.17, 15) is 0 Å². The molecule has 2 aromatic carbocycles. The van der Waals surface area contributed by atoms with Crippen molar-refractivity contribution in [3.05, 3.63) is 53.6 Å².